The molecule has 3 heteroatoms. The van der Waals surface area contributed by atoms with Crippen LogP contribution in [0.2, 0.25) is 0 Å². The summed E-state index contributed by atoms with van der Waals surface area (Å²) in [6, 6.07) is 5.65. The highest BCUT2D eigenvalue weighted by atomic mass is 16.5. The third kappa shape index (κ3) is 3.77. The van der Waals surface area contributed by atoms with Crippen LogP contribution >= 0.6 is 0 Å². The van der Waals surface area contributed by atoms with E-state index in [1.54, 1.807) is 14.2 Å². The highest BCUT2D eigenvalue weighted by Gasteiger charge is 2.10. The van der Waals surface area contributed by atoms with Crippen LogP contribution in [0.1, 0.15) is 25.8 Å². The Kier molecular flexibility index (Phi) is 5.01. The van der Waals surface area contributed by atoms with E-state index >= 15 is 0 Å². The Bertz CT molecular complexity index is 383. The number of hydrogen-bond donors (Lipinski definition) is 0. The van der Waals surface area contributed by atoms with Crippen molar-refractivity contribution >= 4 is 5.78 Å². The summed E-state index contributed by atoms with van der Waals surface area (Å²) in [4.78, 5) is 11.6. The van der Waals surface area contributed by atoms with Gasteiger partial charge in [0.25, 0.3) is 0 Å². The fourth-order valence-corrected chi connectivity index (χ4v) is 1.62. The molecule has 0 amide bonds. The molecule has 0 saturated heterocycles. The number of rotatable bonds is 6. The van der Waals surface area contributed by atoms with Gasteiger partial charge in [-0.1, -0.05) is 13.8 Å². The van der Waals surface area contributed by atoms with Gasteiger partial charge in [-0.25, -0.2) is 0 Å². The van der Waals surface area contributed by atoms with E-state index in [4.69, 9.17) is 9.47 Å². The Hall–Kier alpha value is -1.51. The molecule has 0 radical (unpaired) electrons. The SMILES string of the molecule is COc1ccc(OC)c(CCC(=O)C(C)C)c1. The molecule has 0 unspecified atom stereocenters. The average Bonchev–Trinajstić information content (AvgIpc) is 2.35. The average molecular weight is 236 g/mol. The summed E-state index contributed by atoms with van der Waals surface area (Å²) in [6.45, 7) is 3.84. The second kappa shape index (κ2) is 6.28. The molecule has 0 saturated carbocycles. The minimum Gasteiger partial charge on any atom is -0.497 e. The molecule has 0 bridgehead atoms. The first kappa shape index (κ1) is 13.6. The smallest absolute Gasteiger partial charge is 0.135 e. The quantitative estimate of drug-likeness (QED) is 0.762. The van der Waals surface area contributed by atoms with Crippen molar-refractivity contribution < 1.29 is 14.3 Å². The van der Waals surface area contributed by atoms with Gasteiger partial charge in [0.1, 0.15) is 17.3 Å². The standard InChI is InChI=1S/C14H20O3/c1-10(2)13(15)7-5-11-9-12(16-3)6-8-14(11)17-4/h6,8-10H,5,7H2,1-4H3. The van der Waals surface area contributed by atoms with Gasteiger partial charge in [-0.15, -0.1) is 0 Å². The van der Waals surface area contributed by atoms with Crippen molar-refractivity contribution in [3.63, 3.8) is 0 Å². The molecule has 1 rings (SSSR count). The van der Waals surface area contributed by atoms with Gasteiger partial charge in [-0.3, -0.25) is 4.79 Å². The van der Waals surface area contributed by atoms with Crippen LogP contribution in [0.15, 0.2) is 18.2 Å². The Balaban J connectivity index is 2.77. The van der Waals surface area contributed by atoms with Gasteiger partial charge in [0.2, 0.25) is 0 Å². The van der Waals surface area contributed by atoms with Gasteiger partial charge in [0, 0.05) is 12.3 Å². The maximum absolute atomic E-state index is 11.6. The summed E-state index contributed by atoms with van der Waals surface area (Å²) in [7, 11) is 3.26. The number of methoxy groups -OCH3 is 2. The van der Waals surface area contributed by atoms with E-state index in [9.17, 15) is 4.79 Å². The second-order valence-electron chi connectivity index (χ2n) is 4.30. The molecule has 0 aromatic heterocycles. The van der Waals surface area contributed by atoms with Crippen molar-refractivity contribution in [2.24, 2.45) is 5.92 Å². The van der Waals surface area contributed by atoms with Gasteiger partial charge < -0.3 is 9.47 Å². The molecule has 0 aliphatic carbocycles. The molecule has 0 aliphatic heterocycles. The predicted molar refractivity (Wildman–Crippen MR) is 67.7 cm³/mol. The van der Waals surface area contributed by atoms with Crippen LogP contribution < -0.4 is 9.47 Å². The Labute approximate surface area is 103 Å². The van der Waals surface area contributed by atoms with Crippen molar-refractivity contribution in [3.05, 3.63) is 23.8 Å². The fraction of sp³-hybridized carbons (Fsp3) is 0.500. The molecule has 0 fully saturated rings. The van der Waals surface area contributed by atoms with Crippen molar-refractivity contribution in [2.45, 2.75) is 26.7 Å². The van der Waals surface area contributed by atoms with E-state index in [0.29, 0.717) is 12.8 Å². The van der Waals surface area contributed by atoms with Crippen LogP contribution in [0, 0.1) is 5.92 Å². The minimum absolute atomic E-state index is 0.0894. The number of aryl methyl sites for hydroxylation is 1. The molecule has 0 aliphatic rings. The molecule has 0 heterocycles. The lowest BCUT2D eigenvalue weighted by atomic mass is 10.0. The molecule has 3 nitrogen and oxygen atoms in total. The van der Waals surface area contributed by atoms with Gasteiger partial charge in [0.15, 0.2) is 0 Å². The van der Waals surface area contributed by atoms with E-state index in [0.717, 1.165) is 17.1 Å². The van der Waals surface area contributed by atoms with E-state index in [1.807, 2.05) is 32.0 Å². The first-order valence-corrected chi connectivity index (χ1v) is 5.82. The molecular formula is C14H20O3. The van der Waals surface area contributed by atoms with Gasteiger partial charge in [-0.2, -0.15) is 0 Å². The van der Waals surface area contributed by atoms with E-state index in [1.165, 1.54) is 0 Å². The normalized spacial score (nSPS) is 10.4. The fourth-order valence-electron chi connectivity index (χ4n) is 1.62. The molecule has 1 aromatic rings. The van der Waals surface area contributed by atoms with Crippen LogP contribution in [0.25, 0.3) is 0 Å². The lowest BCUT2D eigenvalue weighted by Gasteiger charge is -2.10. The van der Waals surface area contributed by atoms with Gasteiger partial charge >= 0.3 is 0 Å². The third-order valence-corrected chi connectivity index (χ3v) is 2.77. The number of benzene rings is 1. The summed E-state index contributed by atoms with van der Waals surface area (Å²) >= 11 is 0. The highest BCUT2D eigenvalue weighted by molar-refractivity contribution is 5.80. The Morgan fingerprint density at radius 3 is 2.47 bits per heavy atom. The predicted octanol–water partition coefficient (Wildman–Crippen LogP) is 2.86. The summed E-state index contributed by atoms with van der Waals surface area (Å²) in [5, 5.41) is 0. The third-order valence-electron chi connectivity index (χ3n) is 2.77. The first-order chi connectivity index (χ1) is 8.08. The number of ketones is 1. The lowest BCUT2D eigenvalue weighted by Crippen LogP contribution is -2.08. The lowest BCUT2D eigenvalue weighted by molar-refractivity contribution is -0.121. The Morgan fingerprint density at radius 1 is 1.24 bits per heavy atom. The zero-order chi connectivity index (χ0) is 12.8. The monoisotopic (exact) mass is 236 g/mol. The van der Waals surface area contributed by atoms with Crippen LogP contribution in [-0.2, 0) is 11.2 Å². The highest BCUT2D eigenvalue weighted by Crippen LogP contribution is 2.25. The maximum Gasteiger partial charge on any atom is 0.135 e. The summed E-state index contributed by atoms with van der Waals surface area (Å²) in [5.74, 6) is 1.96. The molecule has 0 spiro atoms. The molecule has 0 N–H and O–H groups in total. The first-order valence-electron chi connectivity index (χ1n) is 5.82. The van der Waals surface area contributed by atoms with Crippen LogP contribution in [-0.4, -0.2) is 20.0 Å². The van der Waals surface area contributed by atoms with E-state index in [-0.39, 0.29) is 11.7 Å². The van der Waals surface area contributed by atoms with Crippen molar-refractivity contribution in [3.8, 4) is 11.5 Å². The molecule has 94 valence electrons. The second-order valence-corrected chi connectivity index (χ2v) is 4.30. The largest absolute Gasteiger partial charge is 0.497 e. The maximum atomic E-state index is 11.6. The summed E-state index contributed by atoms with van der Waals surface area (Å²) in [6.07, 6.45) is 1.23. The Morgan fingerprint density at radius 2 is 1.94 bits per heavy atom. The summed E-state index contributed by atoms with van der Waals surface area (Å²) < 4.78 is 10.4. The number of Topliss-reactive ketones (excluding diaryl/α,β-unsaturated/α-hetero) is 1. The van der Waals surface area contributed by atoms with E-state index in [2.05, 4.69) is 0 Å². The van der Waals surface area contributed by atoms with Gasteiger partial charge in [-0.05, 0) is 30.2 Å². The molecular weight excluding hydrogens is 216 g/mol. The number of hydrogen-bond acceptors (Lipinski definition) is 3. The summed E-state index contributed by atoms with van der Waals surface area (Å²) in [5.41, 5.74) is 1.01. The minimum atomic E-state index is 0.0894. The van der Waals surface area contributed by atoms with E-state index < -0.39 is 0 Å². The van der Waals surface area contributed by atoms with Crippen LogP contribution in [0.4, 0.5) is 0 Å². The topological polar surface area (TPSA) is 35.5 Å². The molecule has 0 atom stereocenters. The zero-order valence-corrected chi connectivity index (χ0v) is 10.9. The zero-order valence-electron chi connectivity index (χ0n) is 10.9. The molecule has 17 heavy (non-hydrogen) atoms. The van der Waals surface area contributed by atoms with Crippen molar-refractivity contribution in [1.29, 1.82) is 0 Å². The number of ether oxygens (including phenoxy) is 2. The van der Waals surface area contributed by atoms with Crippen LogP contribution in [0.3, 0.4) is 0 Å². The molecule has 1 aromatic carbocycles. The number of carbonyl (C=O) groups is 1. The number of carbonyl (C=O) groups excluding carboxylic acids is 1. The van der Waals surface area contributed by atoms with Gasteiger partial charge in [0.05, 0.1) is 14.2 Å². The van der Waals surface area contributed by atoms with Crippen molar-refractivity contribution in [2.75, 3.05) is 14.2 Å². The van der Waals surface area contributed by atoms with Crippen LogP contribution in [0.5, 0.6) is 11.5 Å². The van der Waals surface area contributed by atoms with Crippen molar-refractivity contribution in [1.82, 2.24) is 0 Å².